The molecular weight excluding hydrogens is 292 g/mol. The molecule has 0 saturated heterocycles. The summed E-state index contributed by atoms with van der Waals surface area (Å²) in [6, 6.07) is 24.0. The third-order valence-electron chi connectivity index (χ3n) is 3.84. The molecule has 0 fully saturated rings. The molecule has 4 aromatic rings. The Morgan fingerprint density at radius 2 is 1.38 bits per heavy atom. The Hall–Kier alpha value is -1.77. The average molecular weight is 306 g/mol. The lowest BCUT2D eigenvalue weighted by atomic mass is 9.96. The van der Waals surface area contributed by atoms with Crippen molar-refractivity contribution in [2.75, 3.05) is 0 Å². The lowest BCUT2D eigenvalue weighted by molar-refractivity contribution is 1.57. The fraction of sp³-hybridized carbons (Fsp3) is 0.0526. The summed E-state index contributed by atoms with van der Waals surface area (Å²) in [6.07, 6.45) is 0. The number of benzene rings is 3. The van der Waals surface area contributed by atoms with Crippen LogP contribution in [0.15, 0.2) is 66.7 Å². The summed E-state index contributed by atoms with van der Waals surface area (Å²) in [5.41, 5.74) is 1.35. The summed E-state index contributed by atoms with van der Waals surface area (Å²) in [4.78, 5) is 2.64. The van der Waals surface area contributed by atoms with Gasteiger partial charge in [0, 0.05) is 21.1 Å². The molecule has 0 aliphatic heterocycles. The highest BCUT2D eigenvalue weighted by Crippen LogP contribution is 2.39. The van der Waals surface area contributed by atoms with E-state index in [0.717, 1.165) is 5.75 Å². The van der Waals surface area contributed by atoms with Crippen molar-refractivity contribution in [3.05, 3.63) is 71.6 Å². The zero-order valence-electron chi connectivity index (χ0n) is 11.4. The van der Waals surface area contributed by atoms with Crippen LogP contribution in [0.4, 0.5) is 0 Å². The third-order valence-corrected chi connectivity index (χ3v) is 5.49. The van der Waals surface area contributed by atoms with Crippen LogP contribution in [-0.2, 0) is 5.75 Å². The molecule has 0 bridgehead atoms. The fourth-order valence-electron chi connectivity index (χ4n) is 2.88. The van der Waals surface area contributed by atoms with Gasteiger partial charge >= 0.3 is 0 Å². The Labute approximate surface area is 133 Å². The number of fused-ring (bicyclic) bond motifs is 2. The van der Waals surface area contributed by atoms with E-state index in [4.69, 9.17) is 0 Å². The smallest absolute Gasteiger partial charge is 0.0358 e. The molecule has 21 heavy (non-hydrogen) atoms. The minimum atomic E-state index is 0.799. The SMILES string of the molecule is SCc1ccc(-c2c3ccccc3cc3ccccc23)s1. The summed E-state index contributed by atoms with van der Waals surface area (Å²) in [5, 5.41) is 5.24. The van der Waals surface area contributed by atoms with Crippen LogP contribution in [0.1, 0.15) is 4.88 Å². The third kappa shape index (κ3) is 2.15. The molecule has 0 aliphatic rings. The van der Waals surface area contributed by atoms with Crippen molar-refractivity contribution < 1.29 is 0 Å². The lowest BCUT2D eigenvalue weighted by Crippen LogP contribution is -1.82. The standard InChI is InChI=1S/C19H14S2/c20-12-15-9-10-18(21-15)19-16-7-3-1-5-13(16)11-14-6-2-4-8-17(14)19/h1-11,20H,12H2. The van der Waals surface area contributed by atoms with Gasteiger partial charge in [0.25, 0.3) is 0 Å². The zero-order valence-corrected chi connectivity index (χ0v) is 13.1. The van der Waals surface area contributed by atoms with Gasteiger partial charge in [0.05, 0.1) is 0 Å². The summed E-state index contributed by atoms with van der Waals surface area (Å²) in [5.74, 6) is 0.799. The van der Waals surface area contributed by atoms with Gasteiger partial charge in [-0.1, -0.05) is 48.5 Å². The van der Waals surface area contributed by atoms with Gasteiger partial charge in [-0.2, -0.15) is 12.6 Å². The van der Waals surface area contributed by atoms with Crippen LogP contribution in [0.3, 0.4) is 0 Å². The van der Waals surface area contributed by atoms with Gasteiger partial charge in [-0.3, -0.25) is 0 Å². The number of hydrogen-bond donors (Lipinski definition) is 1. The number of rotatable bonds is 2. The molecule has 102 valence electrons. The first-order chi connectivity index (χ1) is 10.4. The highest BCUT2D eigenvalue weighted by Gasteiger charge is 2.11. The first-order valence-electron chi connectivity index (χ1n) is 6.97. The second-order valence-electron chi connectivity index (χ2n) is 5.12. The van der Waals surface area contributed by atoms with Crippen molar-refractivity contribution in [3.8, 4) is 10.4 Å². The molecule has 3 aromatic carbocycles. The van der Waals surface area contributed by atoms with E-state index in [1.165, 1.54) is 36.9 Å². The van der Waals surface area contributed by atoms with Gasteiger partial charge in [-0.15, -0.1) is 11.3 Å². The number of hydrogen-bond acceptors (Lipinski definition) is 2. The van der Waals surface area contributed by atoms with E-state index in [-0.39, 0.29) is 0 Å². The van der Waals surface area contributed by atoms with Crippen molar-refractivity contribution >= 4 is 45.5 Å². The predicted molar refractivity (Wildman–Crippen MR) is 97.5 cm³/mol. The maximum Gasteiger partial charge on any atom is 0.0358 e. The Balaban J connectivity index is 2.15. The molecular formula is C19H14S2. The quantitative estimate of drug-likeness (QED) is 0.333. The number of thiol groups is 1. The van der Waals surface area contributed by atoms with E-state index >= 15 is 0 Å². The molecule has 1 heterocycles. The van der Waals surface area contributed by atoms with Gasteiger partial charge in [-0.05, 0) is 39.7 Å². The van der Waals surface area contributed by atoms with Crippen LogP contribution >= 0.6 is 24.0 Å². The minimum absolute atomic E-state index is 0.799. The van der Waals surface area contributed by atoms with E-state index < -0.39 is 0 Å². The summed E-state index contributed by atoms with van der Waals surface area (Å²) < 4.78 is 0. The van der Waals surface area contributed by atoms with Gasteiger partial charge in [0.1, 0.15) is 0 Å². The van der Waals surface area contributed by atoms with Gasteiger partial charge in [0.2, 0.25) is 0 Å². The Kier molecular flexibility index (Phi) is 3.21. The molecule has 0 atom stereocenters. The van der Waals surface area contributed by atoms with Crippen LogP contribution in [0, 0.1) is 0 Å². The van der Waals surface area contributed by atoms with Crippen molar-refractivity contribution in [1.82, 2.24) is 0 Å². The van der Waals surface area contributed by atoms with Crippen LogP contribution in [-0.4, -0.2) is 0 Å². The van der Waals surface area contributed by atoms with Gasteiger partial charge in [-0.25, -0.2) is 0 Å². The molecule has 0 radical (unpaired) electrons. The van der Waals surface area contributed by atoms with E-state index in [1.54, 1.807) is 0 Å². The molecule has 0 nitrogen and oxygen atoms in total. The van der Waals surface area contributed by atoms with E-state index in [0.29, 0.717) is 0 Å². The monoisotopic (exact) mass is 306 g/mol. The molecule has 0 aliphatic carbocycles. The highest BCUT2D eigenvalue weighted by molar-refractivity contribution is 7.79. The first-order valence-corrected chi connectivity index (χ1v) is 8.42. The predicted octanol–water partition coefficient (Wildman–Crippen LogP) is 6.15. The Morgan fingerprint density at radius 1 is 0.762 bits per heavy atom. The second kappa shape index (κ2) is 5.21. The van der Waals surface area contributed by atoms with Crippen molar-refractivity contribution in [2.45, 2.75) is 5.75 Å². The van der Waals surface area contributed by atoms with Gasteiger partial charge < -0.3 is 0 Å². The average Bonchev–Trinajstić information content (AvgIpc) is 3.01. The molecule has 4 rings (SSSR count). The molecule has 0 saturated carbocycles. The van der Waals surface area contributed by atoms with Crippen molar-refractivity contribution in [3.63, 3.8) is 0 Å². The van der Waals surface area contributed by atoms with E-state index in [9.17, 15) is 0 Å². The molecule has 0 N–H and O–H groups in total. The largest absolute Gasteiger partial charge is 0.174 e. The minimum Gasteiger partial charge on any atom is -0.174 e. The van der Waals surface area contributed by atoms with Gasteiger partial charge in [0.15, 0.2) is 0 Å². The normalized spacial score (nSPS) is 11.3. The van der Waals surface area contributed by atoms with Crippen molar-refractivity contribution in [2.24, 2.45) is 0 Å². The Morgan fingerprint density at radius 3 is 1.95 bits per heavy atom. The van der Waals surface area contributed by atoms with Crippen LogP contribution in [0.25, 0.3) is 32.0 Å². The van der Waals surface area contributed by atoms with Crippen molar-refractivity contribution in [1.29, 1.82) is 0 Å². The molecule has 2 heteroatoms. The second-order valence-corrected chi connectivity index (χ2v) is 6.60. The fourth-order valence-corrected chi connectivity index (χ4v) is 4.12. The zero-order chi connectivity index (χ0) is 14.2. The van der Waals surface area contributed by atoms with E-state index in [2.05, 4.69) is 79.4 Å². The van der Waals surface area contributed by atoms with E-state index in [1.807, 2.05) is 11.3 Å². The first kappa shape index (κ1) is 12.9. The highest BCUT2D eigenvalue weighted by atomic mass is 32.1. The maximum atomic E-state index is 4.39. The van der Waals surface area contributed by atoms with Crippen LogP contribution < -0.4 is 0 Å². The lowest BCUT2D eigenvalue weighted by Gasteiger charge is -2.10. The number of thiophene rings is 1. The summed E-state index contributed by atoms with van der Waals surface area (Å²) in [7, 11) is 0. The summed E-state index contributed by atoms with van der Waals surface area (Å²) >= 11 is 6.23. The van der Waals surface area contributed by atoms with Crippen LogP contribution in [0.5, 0.6) is 0 Å². The Bertz CT molecular complexity index is 881. The molecule has 0 unspecified atom stereocenters. The molecule has 1 aromatic heterocycles. The maximum absolute atomic E-state index is 4.39. The molecule has 0 amide bonds. The molecule has 0 spiro atoms. The summed E-state index contributed by atoms with van der Waals surface area (Å²) in [6.45, 7) is 0. The topological polar surface area (TPSA) is 0 Å². The van der Waals surface area contributed by atoms with Crippen LogP contribution in [0.2, 0.25) is 0 Å².